The first-order valence-corrected chi connectivity index (χ1v) is 23.4. The lowest BCUT2D eigenvalue weighted by Crippen LogP contribution is -2.62. The third kappa shape index (κ3) is 7.16. The molecule has 14 nitrogen and oxygen atoms in total. The molecule has 340 valence electrons. The van der Waals surface area contributed by atoms with Gasteiger partial charge in [-0.2, -0.15) is 0 Å². The maximum Gasteiger partial charge on any atom is 0.311 e. The molecule has 10 heterocycles. The average molecular weight is 857 g/mol. The Morgan fingerprint density at radius 1 is 0.721 bits per heavy atom. The molecule has 19 atom stereocenters. The van der Waals surface area contributed by atoms with Crippen molar-refractivity contribution in [3.05, 3.63) is 23.8 Å². The summed E-state index contributed by atoms with van der Waals surface area (Å²) in [6.07, 6.45) is 7.92. The summed E-state index contributed by atoms with van der Waals surface area (Å²) in [4.78, 5) is 28.1. The molecule has 61 heavy (non-hydrogen) atoms. The van der Waals surface area contributed by atoms with Crippen LogP contribution in [0.1, 0.15) is 138 Å². The highest BCUT2D eigenvalue weighted by molar-refractivity contribution is 5.86. The Morgan fingerprint density at radius 3 is 2.34 bits per heavy atom. The predicted octanol–water partition coefficient (Wildman–Crippen LogP) is 5.62. The van der Waals surface area contributed by atoms with Gasteiger partial charge in [-0.1, -0.05) is 31.6 Å². The van der Waals surface area contributed by atoms with Gasteiger partial charge in [-0.05, 0) is 104 Å². The quantitative estimate of drug-likeness (QED) is 0.288. The van der Waals surface area contributed by atoms with Gasteiger partial charge in [0.05, 0.1) is 42.0 Å². The van der Waals surface area contributed by atoms with Crippen molar-refractivity contribution in [3.8, 4) is 0 Å². The molecule has 9 fully saturated rings. The largest absolute Gasteiger partial charge is 0.456 e. The lowest BCUT2D eigenvalue weighted by atomic mass is 9.85. The number of rotatable bonds is 0. The van der Waals surface area contributed by atoms with Gasteiger partial charge in [0, 0.05) is 38.5 Å². The fourth-order valence-electron chi connectivity index (χ4n) is 13.0. The second-order valence-electron chi connectivity index (χ2n) is 21.5. The average Bonchev–Trinajstić information content (AvgIpc) is 4.05. The normalized spacial score (nSPS) is 57.4. The second kappa shape index (κ2) is 14.8. The van der Waals surface area contributed by atoms with Crippen LogP contribution in [0.4, 0.5) is 0 Å². The number of ether oxygens (including phenoxy) is 10. The van der Waals surface area contributed by atoms with Gasteiger partial charge in [0.15, 0.2) is 23.5 Å². The maximum atomic E-state index is 14.1. The van der Waals surface area contributed by atoms with Crippen molar-refractivity contribution in [3.63, 3.8) is 0 Å². The number of aliphatic hydroxyl groups is 2. The van der Waals surface area contributed by atoms with Crippen molar-refractivity contribution < 1.29 is 67.2 Å². The zero-order chi connectivity index (χ0) is 43.0. The van der Waals surface area contributed by atoms with E-state index >= 15 is 0 Å². The molecule has 9 saturated heterocycles. The van der Waals surface area contributed by atoms with Crippen LogP contribution in [0.3, 0.4) is 0 Å². The molecule has 0 aromatic carbocycles. The van der Waals surface area contributed by atoms with E-state index in [0.29, 0.717) is 58.0 Å². The third-order valence-electron chi connectivity index (χ3n) is 16.3. The Hall–Kier alpha value is -1.82. The van der Waals surface area contributed by atoms with Gasteiger partial charge in [0.2, 0.25) is 11.6 Å². The van der Waals surface area contributed by atoms with E-state index in [9.17, 15) is 19.8 Å². The highest BCUT2D eigenvalue weighted by atomic mass is 16.9. The minimum absolute atomic E-state index is 0.0301. The first kappa shape index (κ1) is 43.1. The Labute approximate surface area is 359 Å². The number of esters is 1. The standard InChI is InChI=1S/C47H68O14/c1-26-10-17-45-35(22-36(58-45)47(61-45)38(49)28(3)13-20-52-47)53-40(51)29(4)31-9-8-14-44(54-31)16-11-32(55-44)39(50)43(7)24-30(48)37(59-43)33-25-42(6)18-19-46(56-33,60-42)34-12-15-41(5,57-34)23-27(2)21-26/h10,17,21,27-29,31-39,49-50H,8-9,11-16,18-20,22-25H2,1-7H3/b17-10+,26-21-/t27-,28+,29+,31-,32-,33+,34+,35+,36-,37-,38+,39-,41+,42-,43+,44+,45-,46-,47-/m0/s1. The Bertz CT molecular complexity index is 1820. The molecule has 10 aliphatic heterocycles. The first-order chi connectivity index (χ1) is 28.8. The minimum Gasteiger partial charge on any atom is -0.456 e. The smallest absolute Gasteiger partial charge is 0.311 e. The van der Waals surface area contributed by atoms with Gasteiger partial charge in [-0.25, -0.2) is 0 Å². The van der Waals surface area contributed by atoms with Crippen LogP contribution in [-0.2, 0) is 57.0 Å². The first-order valence-electron chi connectivity index (χ1n) is 23.4. The van der Waals surface area contributed by atoms with Crippen molar-refractivity contribution >= 4 is 11.8 Å². The zero-order valence-electron chi connectivity index (χ0n) is 37.1. The van der Waals surface area contributed by atoms with Gasteiger partial charge in [-0.3, -0.25) is 9.59 Å². The molecule has 0 aromatic rings. The van der Waals surface area contributed by atoms with Crippen molar-refractivity contribution in [1.82, 2.24) is 0 Å². The summed E-state index contributed by atoms with van der Waals surface area (Å²) in [7, 11) is 0. The third-order valence-corrected chi connectivity index (χ3v) is 16.3. The van der Waals surface area contributed by atoms with E-state index in [-0.39, 0.29) is 30.1 Å². The number of carbonyl (C=O) groups is 2. The molecule has 12 bridgehead atoms. The Morgan fingerprint density at radius 2 is 1.52 bits per heavy atom. The van der Waals surface area contributed by atoms with Crippen LogP contribution in [0, 0.1) is 17.8 Å². The molecular weight excluding hydrogens is 789 g/mol. The van der Waals surface area contributed by atoms with Gasteiger partial charge < -0.3 is 57.6 Å². The number of fused-ring (bicyclic) bond motifs is 11. The number of carbonyl (C=O) groups excluding carboxylic acids is 2. The molecule has 0 amide bonds. The summed E-state index contributed by atoms with van der Waals surface area (Å²) < 4.78 is 66.5. The van der Waals surface area contributed by atoms with E-state index < -0.39 is 101 Å². The summed E-state index contributed by atoms with van der Waals surface area (Å²) in [5.74, 6) is -5.98. The fraction of sp³-hybridized carbons (Fsp3) is 0.872. The van der Waals surface area contributed by atoms with Crippen LogP contribution < -0.4 is 0 Å². The highest BCUT2D eigenvalue weighted by Gasteiger charge is 2.72. The SMILES string of the molecule is CC1=C/[C@H](C)C[C@@]2(C)CC[C@@H](O2)[C@@]23CC[C@@](C)(C[C@@H](O2)[C@H]2O[C@](C)(CC2=O)[C@@H](O)[C@@H]2CC[C@@]4(CCC[C@H](O4)[C@@H](C)C(=O)O[C@@H]4C[C@@H]5O[C@@]4(\C=C\1)O[C@@]51OCC[C@@H](C)[C@H]1O)O2)O3. The summed E-state index contributed by atoms with van der Waals surface area (Å²) in [5, 5.41) is 23.5. The van der Waals surface area contributed by atoms with Crippen LogP contribution in [-0.4, -0.2) is 123 Å². The van der Waals surface area contributed by atoms with Gasteiger partial charge >= 0.3 is 5.97 Å². The number of hydrogen-bond donors (Lipinski definition) is 2. The monoisotopic (exact) mass is 856 g/mol. The van der Waals surface area contributed by atoms with Crippen molar-refractivity contribution in [2.24, 2.45) is 17.8 Å². The highest BCUT2D eigenvalue weighted by Crippen LogP contribution is 2.57. The summed E-state index contributed by atoms with van der Waals surface area (Å²) in [5.41, 5.74) is -1.18. The maximum absolute atomic E-state index is 14.1. The van der Waals surface area contributed by atoms with E-state index in [1.807, 2.05) is 32.9 Å². The van der Waals surface area contributed by atoms with Crippen LogP contribution in [0.15, 0.2) is 23.8 Å². The van der Waals surface area contributed by atoms with E-state index in [4.69, 9.17) is 47.4 Å². The van der Waals surface area contributed by atoms with Crippen LogP contribution in [0.25, 0.3) is 0 Å². The van der Waals surface area contributed by atoms with Crippen molar-refractivity contribution in [2.45, 2.75) is 233 Å². The minimum atomic E-state index is -1.48. The molecule has 0 saturated carbocycles. The number of hydrogen-bond acceptors (Lipinski definition) is 14. The summed E-state index contributed by atoms with van der Waals surface area (Å²) in [6.45, 7) is 14.5. The Kier molecular flexibility index (Phi) is 10.5. The second-order valence-corrected chi connectivity index (χ2v) is 21.5. The molecule has 14 heteroatoms. The molecule has 0 aromatic heterocycles. The van der Waals surface area contributed by atoms with Gasteiger partial charge in [0.1, 0.15) is 36.1 Å². The number of aliphatic hydroxyl groups excluding tert-OH is 2. The van der Waals surface area contributed by atoms with Crippen molar-refractivity contribution in [1.29, 1.82) is 0 Å². The zero-order valence-corrected chi connectivity index (χ0v) is 37.1. The lowest BCUT2D eigenvalue weighted by Gasteiger charge is -2.47. The summed E-state index contributed by atoms with van der Waals surface area (Å²) >= 11 is 0. The number of Topliss-reactive ketones (excluding diaryl/α,β-unsaturated/α-hetero) is 1. The lowest BCUT2D eigenvalue weighted by molar-refractivity contribution is -0.359. The van der Waals surface area contributed by atoms with E-state index in [2.05, 4.69) is 26.8 Å². The molecule has 2 N–H and O–H groups in total. The molecule has 4 spiro atoms. The molecule has 10 aliphatic rings. The topological polar surface area (TPSA) is 167 Å². The number of allylic oxidation sites excluding steroid dienone is 3. The Balaban J connectivity index is 0.957. The van der Waals surface area contributed by atoms with E-state index in [1.54, 1.807) is 6.92 Å². The van der Waals surface area contributed by atoms with Crippen LogP contribution in [0.2, 0.25) is 0 Å². The van der Waals surface area contributed by atoms with Gasteiger partial charge in [0.25, 0.3) is 0 Å². The molecule has 0 radical (unpaired) electrons. The fourth-order valence-corrected chi connectivity index (χ4v) is 13.0. The molecule has 0 unspecified atom stereocenters. The van der Waals surface area contributed by atoms with E-state index in [0.717, 1.165) is 37.7 Å². The van der Waals surface area contributed by atoms with E-state index in [1.165, 1.54) is 0 Å². The predicted molar refractivity (Wildman–Crippen MR) is 215 cm³/mol. The van der Waals surface area contributed by atoms with Gasteiger partial charge in [-0.15, -0.1) is 0 Å². The molecule has 0 aliphatic carbocycles. The van der Waals surface area contributed by atoms with Crippen LogP contribution >= 0.6 is 0 Å². The molecule has 10 rings (SSSR count). The summed E-state index contributed by atoms with van der Waals surface area (Å²) in [6, 6.07) is 0. The molecular formula is C47H68O14. The van der Waals surface area contributed by atoms with Crippen LogP contribution in [0.5, 0.6) is 0 Å². The van der Waals surface area contributed by atoms with Crippen molar-refractivity contribution in [2.75, 3.05) is 6.61 Å². The number of ketones is 1.